The predicted octanol–water partition coefficient (Wildman–Crippen LogP) is 1.96. The molecule has 1 heterocycles. The van der Waals surface area contributed by atoms with Crippen LogP contribution < -0.4 is 5.32 Å². The zero-order valence-corrected chi connectivity index (χ0v) is 14.5. The van der Waals surface area contributed by atoms with Crippen LogP contribution >= 0.6 is 11.8 Å². The van der Waals surface area contributed by atoms with Crippen molar-refractivity contribution in [2.45, 2.75) is 11.6 Å². The van der Waals surface area contributed by atoms with Gasteiger partial charge in [-0.2, -0.15) is 4.68 Å². The van der Waals surface area contributed by atoms with Gasteiger partial charge in [0.2, 0.25) is 11.1 Å². The van der Waals surface area contributed by atoms with Crippen molar-refractivity contribution in [2.75, 3.05) is 12.3 Å². The minimum absolute atomic E-state index is 0.135. The fraction of sp³-hybridized carbons (Fsp3) is 0.176. The van der Waals surface area contributed by atoms with Gasteiger partial charge in [-0.15, -0.1) is 5.10 Å². The number of carbonyl (C=O) groups is 1. The number of aromatic hydroxyl groups is 1. The van der Waals surface area contributed by atoms with Crippen LogP contribution in [0.1, 0.15) is 5.56 Å². The van der Waals surface area contributed by atoms with E-state index in [-0.39, 0.29) is 23.2 Å². The molecule has 9 heteroatoms. The average Bonchev–Trinajstić information content (AvgIpc) is 3.11. The summed E-state index contributed by atoms with van der Waals surface area (Å²) in [5.41, 5.74) is 1.24. The molecule has 0 aliphatic rings. The van der Waals surface area contributed by atoms with Crippen LogP contribution in [0.4, 0.5) is 4.39 Å². The summed E-state index contributed by atoms with van der Waals surface area (Å²) in [6.07, 6.45) is 0.425. The molecular formula is C17H16FN5O2S. The average molecular weight is 373 g/mol. The lowest BCUT2D eigenvalue weighted by molar-refractivity contribution is -0.118. The van der Waals surface area contributed by atoms with E-state index in [1.54, 1.807) is 30.3 Å². The van der Waals surface area contributed by atoms with E-state index in [4.69, 9.17) is 0 Å². The summed E-state index contributed by atoms with van der Waals surface area (Å²) in [5, 5.41) is 23.9. The number of nitrogens with zero attached hydrogens (tertiary/aromatic N) is 4. The van der Waals surface area contributed by atoms with Gasteiger partial charge in [0.05, 0.1) is 11.4 Å². The van der Waals surface area contributed by atoms with E-state index in [1.165, 1.54) is 34.6 Å². The normalized spacial score (nSPS) is 10.7. The summed E-state index contributed by atoms with van der Waals surface area (Å²) in [6.45, 7) is 0.350. The second kappa shape index (κ2) is 8.43. The van der Waals surface area contributed by atoms with E-state index in [1.807, 2.05) is 0 Å². The smallest absolute Gasteiger partial charge is 0.230 e. The van der Waals surface area contributed by atoms with Crippen molar-refractivity contribution < 1.29 is 14.3 Å². The number of thioether (sulfide) groups is 1. The van der Waals surface area contributed by atoms with Crippen LogP contribution in [0.2, 0.25) is 0 Å². The minimum Gasteiger partial charge on any atom is -0.508 e. The van der Waals surface area contributed by atoms with Crippen molar-refractivity contribution in [3.05, 3.63) is 59.9 Å². The lowest BCUT2D eigenvalue weighted by atomic mass is 10.1. The number of nitrogens with one attached hydrogen (secondary N) is 1. The van der Waals surface area contributed by atoms with Crippen molar-refractivity contribution in [3.63, 3.8) is 0 Å². The van der Waals surface area contributed by atoms with Crippen molar-refractivity contribution in [1.29, 1.82) is 0 Å². The Kier molecular flexibility index (Phi) is 5.80. The fourth-order valence-corrected chi connectivity index (χ4v) is 2.96. The molecule has 0 aliphatic heterocycles. The van der Waals surface area contributed by atoms with Gasteiger partial charge in [0.1, 0.15) is 11.6 Å². The maximum atomic E-state index is 13.5. The lowest BCUT2D eigenvalue weighted by Crippen LogP contribution is -2.27. The van der Waals surface area contributed by atoms with Crippen LogP contribution in [-0.2, 0) is 11.2 Å². The first-order valence-corrected chi connectivity index (χ1v) is 8.83. The molecule has 2 N–H and O–H groups in total. The summed E-state index contributed by atoms with van der Waals surface area (Å²) in [6, 6.07) is 12.9. The highest BCUT2D eigenvalue weighted by Gasteiger charge is 2.11. The lowest BCUT2D eigenvalue weighted by Gasteiger charge is -2.06. The molecule has 0 saturated carbocycles. The fourth-order valence-electron chi connectivity index (χ4n) is 2.24. The molecule has 0 aliphatic carbocycles. The molecule has 0 bridgehead atoms. The number of hydrogen-bond acceptors (Lipinski definition) is 6. The third-order valence-electron chi connectivity index (χ3n) is 3.54. The maximum Gasteiger partial charge on any atom is 0.230 e. The zero-order chi connectivity index (χ0) is 18.4. The maximum absolute atomic E-state index is 13.5. The van der Waals surface area contributed by atoms with Crippen LogP contribution in [-0.4, -0.2) is 43.5 Å². The van der Waals surface area contributed by atoms with Gasteiger partial charge < -0.3 is 10.4 Å². The van der Waals surface area contributed by atoms with Gasteiger partial charge in [0.15, 0.2) is 0 Å². The molecule has 3 rings (SSSR count). The number of carbonyl (C=O) groups excluding carboxylic acids is 1. The number of phenolic OH excluding ortho intramolecular Hbond substituents is 1. The van der Waals surface area contributed by atoms with Gasteiger partial charge in [0, 0.05) is 6.54 Å². The molecule has 0 spiro atoms. The molecule has 3 aromatic rings. The number of halogens is 1. The van der Waals surface area contributed by atoms with E-state index in [2.05, 4.69) is 20.8 Å². The van der Waals surface area contributed by atoms with Crippen LogP contribution in [0, 0.1) is 5.82 Å². The third kappa shape index (κ3) is 4.57. The Labute approximate surface area is 153 Å². The quantitative estimate of drug-likeness (QED) is 0.615. The summed E-state index contributed by atoms with van der Waals surface area (Å²) >= 11 is 1.19. The van der Waals surface area contributed by atoms with Gasteiger partial charge in [-0.05, 0) is 52.7 Å². The largest absolute Gasteiger partial charge is 0.508 e. The van der Waals surface area contributed by atoms with Crippen molar-refractivity contribution in [1.82, 2.24) is 25.5 Å². The molecule has 134 valence electrons. The monoisotopic (exact) mass is 373 g/mol. The second-order valence-electron chi connectivity index (χ2n) is 5.37. The van der Waals surface area contributed by atoms with Crippen LogP contribution in [0.5, 0.6) is 5.75 Å². The molecule has 0 radical (unpaired) electrons. The van der Waals surface area contributed by atoms with Gasteiger partial charge in [-0.3, -0.25) is 4.79 Å². The minimum atomic E-state index is -0.274. The summed E-state index contributed by atoms with van der Waals surface area (Å²) in [5.74, 6) is -0.184. The summed E-state index contributed by atoms with van der Waals surface area (Å²) < 4.78 is 15.0. The molecule has 0 saturated heterocycles. The number of benzene rings is 2. The first-order valence-electron chi connectivity index (χ1n) is 7.84. The Bertz CT molecular complexity index is 885. The van der Waals surface area contributed by atoms with Crippen molar-refractivity contribution >= 4 is 17.7 Å². The highest BCUT2D eigenvalue weighted by Crippen LogP contribution is 2.19. The molecule has 0 fully saturated rings. The number of aromatic nitrogens is 4. The van der Waals surface area contributed by atoms with E-state index >= 15 is 0 Å². The number of phenols is 1. The van der Waals surface area contributed by atoms with Crippen LogP contribution in [0.3, 0.4) is 0 Å². The van der Waals surface area contributed by atoms with Gasteiger partial charge in [-0.25, -0.2) is 4.39 Å². The Balaban J connectivity index is 1.50. The molecule has 7 nitrogen and oxygen atoms in total. The predicted molar refractivity (Wildman–Crippen MR) is 94.7 cm³/mol. The SMILES string of the molecule is O=C(CSc1nnnn1-c1ccc(O)cc1)NCCc1ccccc1F. The van der Waals surface area contributed by atoms with Crippen LogP contribution in [0.15, 0.2) is 53.7 Å². The highest BCUT2D eigenvalue weighted by atomic mass is 32.2. The standard InChI is InChI=1S/C17H16FN5O2S/c18-15-4-2-1-3-12(15)9-10-19-16(25)11-26-17-20-21-22-23(17)13-5-7-14(24)8-6-13/h1-8,24H,9-11H2,(H,19,25). The first kappa shape index (κ1) is 17.9. The molecule has 0 unspecified atom stereocenters. The Morgan fingerprint density at radius 1 is 1.19 bits per heavy atom. The highest BCUT2D eigenvalue weighted by molar-refractivity contribution is 7.99. The van der Waals surface area contributed by atoms with E-state index in [0.717, 1.165) is 0 Å². The first-order chi connectivity index (χ1) is 12.6. The third-order valence-corrected chi connectivity index (χ3v) is 4.46. The van der Waals surface area contributed by atoms with E-state index < -0.39 is 0 Å². The van der Waals surface area contributed by atoms with Gasteiger partial charge in [-0.1, -0.05) is 30.0 Å². The molecule has 2 aromatic carbocycles. The number of rotatable bonds is 7. The zero-order valence-electron chi connectivity index (χ0n) is 13.7. The summed E-state index contributed by atoms with van der Waals surface area (Å²) in [4.78, 5) is 12.0. The topological polar surface area (TPSA) is 92.9 Å². The van der Waals surface area contributed by atoms with E-state index in [0.29, 0.717) is 29.4 Å². The molecule has 0 atom stereocenters. The Hall–Kier alpha value is -2.94. The Morgan fingerprint density at radius 2 is 1.96 bits per heavy atom. The molecule has 1 aromatic heterocycles. The van der Waals surface area contributed by atoms with Crippen LogP contribution in [0.25, 0.3) is 5.69 Å². The summed E-state index contributed by atoms with van der Waals surface area (Å²) in [7, 11) is 0. The van der Waals surface area contributed by atoms with E-state index in [9.17, 15) is 14.3 Å². The Morgan fingerprint density at radius 3 is 2.73 bits per heavy atom. The number of tetrazole rings is 1. The van der Waals surface area contributed by atoms with Gasteiger partial charge >= 0.3 is 0 Å². The molecule has 1 amide bonds. The van der Waals surface area contributed by atoms with Crippen molar-refractivity contribution in [2.24, 2.45) is 0 Å². The number of hydrogen-bond donors (Lipinski definition) is 2. The molecular weight excluding hydrogens is 357 g/mol. The van der Waals surface area contributed by atoms with Gasteiger partial charge in [0.25, 0.3) is 0 Å². The molecule has 26 heavy (non-hydrogen) atoms. The second-order valence-corrected chi connectivity index (χ2v) is 6.31. The number of amides is 1. The van der Waals surface area contributed by atoms with Crippen molar-refractivity contribution in [3.8, 4) is 11.4 Å².